The Balaban J connectivity index is 1.76. The van der Waals surface area contributed by atoms with Gasteiger partial charge < -0.3 is 15.5 Å². The first-order chi connectivity index (χ1) is 13.2. The summed E-state index contributed by atoms with van der Waals surface area (Å²) < 4.78 is 25.6. The second kappa shape index (κ2) is 8.67. The zero-order valence-corrected chi connectivity index (χ0v) is 18.0. The van der Waals surface area contributed by atoms with Crippen molar-refractivity contribution in [3.05, 3.63) is 0 Å². The first-order valence-corrected chi connectivity index (χ1v) is 12.3. The number of likely N-dealkylation sites (tertiary alicyclic amines) is 1. The smallest absolute Gasteiger partial charge is 0.245 e. The van der Waals surface area contributed by atoms with Crippen LogP contribution in [0.3, 0.4) is 0 Å². The van der Waals surface area contributed by atoms with Crippen LogP contribution < -0.4 is 10.6 Å². The van der Waals surface area contributed by atoms with Gasteiger partial charge in [-0.15, -0.1) is 0 Å². The predicted octanol–water partition coefficient (Wildman–Crippen LogP) is 0.294. The van der Waals surface area contributed by atoms with Gasteiger partial charge in [-0.1, -0.05) is 19.3 Å². The van der Waals surface area contributed by atoms with E-state index in [-0.39, 0.29) is 35.9 Å². The lowest BCUT2D eigenvalue weighted by molar-refractivity contribution is -0.139. The summed E-state index contributed by atoms with van der Waals surface area (Å²) in [5, 5.41) is 5.94. The molecule has 3 fully saturated rings. The predicted molar refractivity (Wildman–Crippen MR) is 107 cm³/mol. The quantitative estimate of drug-likeness (QED) is 0.651. The molecule has 8 nitrogen and oxygen atoms in total. The topological polar surface area (TPSA) is 98.8 Å². The van der Waals surface area contributed by atoms with Gasteiger partial charge in [0.2, 0.25) is 21.8 Å². The van der Waals surface area contributed by atoms with Gasteiger partial charge in [-0.25, -0.2) is 8.42 Å². The van der Waals surface area contributed by atoms with Gasteiger partial charge in [0.25, 0.3) is 0 Å². The average molecular weight is 415 g/mol. The van der Waals surface area contributed by atoms with Crippen LogP contribution in [0, 0.1) is 5.92 Å². The summed E-state index contributed by atoms with van der Waals surface area (Å²) in [6, 6.07) is -1.09. The van der Waals surface area contributed by atoms with Crippen molar-refractivity contribution in [1.82, 2.24) is 19.8 Å². The van der Waals surface area contributed by atoms with E-state index in [1.807, 2.05) is 4.90 Å². The summed E-state index contributed by atoms with van der Waals surface area (Å²) in [6.45, 7) is 2.81. The van der Waals surface area contributed by atoms with Crippen LogP contribution in [0.25, 0.3) is 0 Å². The lowest BCUT2D eigenvalue weighted by Gasteiger charge is -2.35. The summed E-state index contributed by atoms with van der Waals surface area (Å²) in [5.41, 5.74) is 0. The minimum atomic E-state index is -3.26. The van der Waals surface area contributed by atoms with Gasteiger partial charge in [0.1, 0.15) is 6.04 Å². The van der Waals surface area contributed by atoms with Gasteiger partial charge in [0.15, 0.2) is 0 Å². The molecule has 0 aromatic rings. The fraction of sp³-hybridized carbons (Fsp3) is 0.895. The van der Waals surface area contributed by atoms with Gasteiger partial charge in [0, 0.05) is 25.2 Å². The molecular formula is C19H34N4O4S. The third-order valence-corrected chi connectivity index (χ3v) is 8.05. The molecule has 2 N–H and O–H groups in total. The van der Waals surface area contributed by atoms with Crippen LogP contribution in [-0.4, -0.2) is 80.0 Å². The highest BCUT2D eigenvalue weighted by Gasteiger charge is 2.49. The van der Waals surface area contributed by atoms with E-state index in [1.54, 1.807) is 18.3 Å². The van der Waals surface area contributed by atoms with Gasteiger partial charge in [-0.3, -0.25) is 9.59 Å². The number of nitrogens with one attached hydrogen (secondary N) is 2. The highest BCUT2D eigenvalue weighted by molar-refractivity contribution is 7.88. The fourth-order valence-corrected chi connectivity index (χ4v) is 6.24. The molecule has 2 amide bonds. The molecule has 4 atom stereocenters. The van der Waals surface area contributed by atoms with Gasteiger partial charge in [-0.05, 0) is 45.6 Å². The van der Waals surface area contributed by atoms with E-state index in [0.717, 1.165) is 25.7 Å². The minimum absolute atomic E-state index is 0.0357. The minimum Gasteiger partial charge on any atom is -0.343 e. The summed E-state index contributed by atoms with van der Waals surface area (Å²) in [5.74, 6) is -0.0431. The molecule has 28 heavy (non-hydrogen) atoms. The Hall–Kier alpha value is -1.19. The van der Waals surface area contributed by atoms with Crippen LogP contribution in [-0.2, 0) is 19.6 Å². The van der Waals surface area contributed by atoms with Crippen LogP contribution >= 0.6 is 0 Å². The summed E-state index contributed by atoms with van der Waals surface area (Å²) in [7, 11) is -1.54. The van der Waals surface area contributed by atoms with Crippen molar-refractivity contribution in [1.29, 1.82) is 0 Å². The molecule has 160 valence electrons. The van der Waals surface area contributed by atoms with E-state index in [1.165, 1.54) is 12.7 Å². The number of likely N-dealkylation sites (N-methyl/N-ethyl adjacent to an activating group) is 1. The molecular weight excluding hydrogens is 380 g/mol. The first kappa shape index (κ1) is 21.5. The van der Waals surface area contributed by atoms with Crippen LogP contribution in [0.15, 0.2) is 0 Å². The normalized spacial score (nSPS) is 28.8. The van der Waals surface area contributed by atoms with E-state index in [2.05, 4.69) is 10.6 Å². The third-order valence-electron chi connectivity index (χ3n) is 6.75. The average Bonchev–Trinajstić information content (AvgIpc) is 3.26. The van der Waals surface area contributed by atoms with Gasteiger partial charge in [0.05, 0.1) is 12.3 Å². The Morgan fingerprint density at radius 2 is 1.64 bits per heavy atom. The maximum absolute atomic E-state index is 13.5. The number of carbonyl (C=O) groups excluding carboxylic acids is 2. The summed E-state index contributed by atoms with van der Waals surface area (Å²) in [6.07, 6.45) is 7.81. The Morgan fingerprint density at radius 1 is 1.00 bits per heavy atom. The van der Waals surface area contributed by atoms with E-state index >= 15 is 0 Å². The molecule has 3 unspecified atom stereocenters. The molecule has 3 aliphatic rings. The molecule has 2 heterocycles. The number of sulfonamides is 1. The Morgan fingerprint density at radius 3 is 2.25 bits per heavy atom. The number of rotatable bonds is 6. The molecule has 0 bridgehead atoms. The highest BCUT2D eigenvalue weighted by atomic mass is 32.2. The largest absolute Gasteiger partial charge is 0.343 e. The SMILES string of the molecule is CN[C@@H](C)C(=O)NC(C(=O)N1CCC2C1CCN2S(C)(=O)=O)C1CCCCC1. The maximum Gasteiger partial charge on any atom is 0.245 e. The fourth-order valence-electron chi connectivity index (χ4n) is 5.07. The molecule has 0 radical (unpaired) electrons. The second-order valence-corrected chi connectivity index (χ2v) is 10.4. The van der Waals surface area contributed by atoms with E-state index in [0.29, 0.717) is 25.9 Å². The van der Waals surface area contributed by atoms with Crippen molar-refractivity contribution < 1.29 is 18.0 Å². The zero-order valence-electron chi connectivity index (χ0n) is 17.2. The second-order valence-electron chi connectivity index (χ2n) is 8.51. The van der Waals surface area contributed by atoms with Crippen molar-refractivity contribution in [2.24, 2.45) is 5.92 Å². The molecule has 2 saturated heterocycles. The van der Waals surface area contributed by atoms with E-state index in [4.69, 9.17) is 0 Å². The Labute approximate surface area is 168 Å². The number of fused-ring (bicyclic) bond motifs is 1. The van der Waals surface area contributed by atoms with Gasteiger partial charge in [-0.2, -0.15) is 4.31 Å². The van der Waals surface area contributed by atoms with Crippen molar-refractivity contribution >= 4 is 21.8 Å². The van der Waals surface area contributed by atoms with Crippen molar-refractivity contribution in [3.63, 3.8) is 0 Å². The Kier molecular flexibility index (Phi) is 6.66. The van der Waals surface area contributed by atoms with Crippen LogP contribution in [0.4, 0.5) is 0 Å². The van der Waals surface area contributed by atoms with Crippen molar-refractivity contribution in [2.45, 2.75) is 76.0 Å². The first-order valence-electron chi connectivity index (χ1n) is 10.5. The molecule has 0 aromatic heterocycles. The van der Waals surface area contributed by atoms with Crippen molar-refractivity contribution in [2.75, 3.05) is 26.4 Å². The molecule has 1 aliphatic carbocycles. The molecule has 2 aliphatic heterocycles. The monoisotopic (exact) mass is 414 g/mol. The highest BCUT2D eigenvalue weighted by Crippen LogP contribution is 2.35. The standard InChI is InChI=1S/C19H34N4O4S/c1-13(20-2)18(24)21-17(14-7-5-4-6-8-14)19(25)22-11-9-16-15(22)10-12-23(16)28(3,26)27/h13-17,20H,4-12H2,1-3H3,(H,21,24)/t13-,15?,16?,17?/m0/s1. The third kappa shape index (κ3) is 4.36. The van der Waals surface area contributed by atoms with Crippen LogP contribution in [0.5, 0.6) is 0 Å². The number of carbonyl (C=O) groups is 2. The summed E-state index contributed by atoms with van der Waals surface area (Å²) in [4.78, 5) is 27.9. The molecule has 0 spiro atoms. The van der Waals surface area contributed by atoms with Crippen LogP contribution in [0.2, 0.25) is 0 Å². The Bertz CT molecular complexity index is 692. The molecule has 1 saturated carbocycles. The lowest BCUT2D eigenvalue weighted by atomic mass is 9.83. The number of nitrogens with zero attached hydrogens (tertiary/aromatic N) is 2. The van der Waals surface area contributed by atoms with E-state index < -0.39 is 16.1 Å². The molecule has 0 aromatic carbocycles. The maximum atomic E-state index is 13.5. The zero-order chi connectivity index (χ0) is 20.5. The van der Waals surface area contributed by atoms with Crippen LogP contribution in [0.1, 0.15) is 51.9 Å². The molecule has 9 heteroatoms. The number of hydrogen-bond donors (Lipinski definition) is 2. The summed E-state index contributed by atoms with van der Waals surface area (Å²) >= 11 is 0. The lowest BCUT2D eigenvalue weighted by Crippen LogP contribution is -2.56. The number of amides is 2. The van der Waals surface area contributed by atoms with Crippen molar-refractivity contribution in [3.8, 4) is 0 Å². The molecule has 3 rings (SSSR count). The van der Waals surface area contributed by atoms with E-state index in [9.17, 15) is 18.0 Å². The number of hydrogen-bond acceptors (Lipinski definition) is 5. The van der Waals surface area contributed by atoms with Gasteiger partial charge >= 0.3 is 0 Å².